The average molecular weight is 333 g/mol. The molecule has 0 saturated carbocycles. The molecule has 6 heteroatoms. The van der Waals surface area contributed by atoms with Crippen LogP contribution in [0.2, 0.25) is 0 Å². The topological polar surface area (TPSA) is 48.1 Å². The van der Waals surface area contributed by atoms with E-state index < -0.39 is 0 Å². The molecule has 2 rings (SSSR count). The van der Waals surface area contributed by atoms with Gasteiger partial charge in [-0.15, -0.1) is 0 Å². The third kappa shape index (κ3) is 4.68. The molecular weight excluding hydrogens is 302 g/mol. The van der Waals surface area contributed by atoms with E-state index in [1.807, 2.05) is 24.3 Å². The van der Waals surface area contributed by atoms with Gasteiger partial charge in [-0.3, -0.25) is 9.58 Å². The second-order valence-electron chi connectivity index (χ2n) is 6.91. The molecule has 24 heavy (non-hydrogen) atoms. The molecule has 134 valence electrons. The Hall–Kier alpha value is -1.66. The summed E-state index contributed by atoms with van der Waals surface area (Å²) in [5, 5.41) is 4.55. The normalized spacial score (nSPS) is 11.8. The number of aryl methyl sites for hydroxylation is 2. The van der Waals surface area contributed by atoms with Gasteiger partial charge in [0.15, 0.2) is 0 Å². The Morgan fingerprint density at radius 1 is 1.25 bits per heavy atom. The fourth-order valence-electron chi connectivity index (χ4n) is 3.07. The lowest BCUT2D eigenvalue weighted by atomic mass is 10.1. The van der Waals surface area contributed by atoms with E-state index in [9.17, 15) is 0 Å². The Morgan fingerprint density at radius 3 is 2.58 bits per heavy atom. The first-order valence-electron chi connectivity index (χ1n) is 8.61. The van der Waals surface area contributed by atoms with Crippen molar-refractivity contribution in [1.82, 2.24) is 24.2 Å². The third-order valence-corrected chi connectivity index (χ3v) is 4.38. The van der Waals surface area contributed by atoms with Crippen molar-refractivity contribution >= 4 is 0 Å². The van der Waals surface area contributed by atoms with E-state index in [1.165, 1.54) is 17.0 Å². The largest absolute Gasteiger partial charge is 0.383 e. The molecule has 0 aromatic carbocycles. The molecule has 0 fully saturated rings. The van der Waals surface area contributed by atoms with Crippen LogP contribution in [0, 0.1) is 19.8 Å². The molecule has 0 aliphatic carbocycles. The predicted molar refractivity (Wildman–Crippen MR) is 95.7 cm³/mol. The molecule has 2 aromatic heterocycles. The van der Waals surface area contributed by atoms with Crippen molar-refractivity contribution in [3.8, 4) is 0 Å². The third-order valence-electron chi connectivity index (χ3n) is 4.38. The first kappa shape index (κ1) is 18.7. The zero-order chi connectivity index (χ0) is 17.7. The second kappa shape index (κ2) is 8.44. The van der Waals surface area contributed by atoms with Crippen molar-refractivity contribution < 1.29 is 4.74 Å². The van der Waals surface area contributed by atoms with Crippen LogP contribution in [0.3, 0.4) is 0 Å². The fourth-order valence-corrected chi connectivity index (χ4v) is 3.07. The maximum atomic E-state index is 5.20. The van der Waals surface area contributed by atoms with E-state index in [1.54, 1.807) is 7.11 Å². The van der Waals surface area contributed by atoms with Crippen LogP contribution in [0.4, 0.5) is 0 Å². The SMILES string of the molecule is COCCn1cncc1CN(Cc1c(C)nn(C)c1C)CC(C)C. The first-order chi connectivity index (χ1) is 11.4. The summed E-state index contributed by atoms with van der Waals surface area (Å²) in [5.41, 5.74) is 4.93. The van der Waals surface area contributed by atoms with Gasteiger partial charge in [-0.25, -0.2) is 4.98 Å². The van der Waals surface area contributed by atoms with Gasteiger partial charge in [0.1, 0.15) is 0 Å². The molecule has 2 aromatic rings. The zero-order valence-electron chi connectivity index (χ0n) is 15.9. The Bertz CT molecular complexity index is 644. The summed E-state index contributed by atoms with van der Waals surface area (Å²) in [6, 6.07) is 0. The minimum atomic E-state index is 0.609. The van der Waals surface area contributed by atoms with E-state index in [-0.39, 0.29) is 0 Å². The van der Waals surface area contributed by atoms with Crippen molar-refractivity contribution in [3.05, 3.63) is 35.2 Å². The quantitative estimate of drug-likeness (QED) is 0.707. The number of rotatable bonds is 9. The number of hydrogen-bond acceptors (Lipinski definition) is 4. The summed E-state index contributed by atoms with van der Waals surface area (Å²) in [6.45, 7) is 13.2. The number of ether oxygens (including phenoxy) is 1. The van der Waals surface area contributed by atoms with E-state index in [4.69, 9.17) is 4.74 Å². The zero-order valence-corrected chi connectivity index (χ0v) is 15.9. The molecule has 0 atom stereocenters. The minimum absolute atomic E-state index is 0.609. The molecule has 0 aliphatic rings. The standard InChI is InChI=1S/C18H31N5O/c1-14(2)10-22(12-18-15(3)20-21(5)16(18)4)11-17-9-19-13-23(17)7-8-24-6/h9,13-14H,7-8,10-12H2,1-6H3. The van der Waals surface area contributed by atoms with Crippen molar-refractivity contribution in [1.29, 1.82) is 0 Å². The summed E-state index contributed by atoms with van der Waals surface area (Å²) in [6.07, 6.45) is 3.86. The van der Waals surface area contributed by atoms with Gasteiger partial charge in [-0.1, -0.05) is 13.8 Å². The van der Waals surface area contributed by atoms with Crippen LogP contribution in [0.15, 0.2) is 12.5 Å². The van der Waals surface area contributed by atoms with Crippen LogP contribution in [0.5, 0.6) is 0 Å². The monoisotopic (exact) mass is 333 g/mol. The highest BCUT2D eigenvalue weighted by molar-refractivity contribution is 5.24. The molecule has 0 aliphatic heterocycles. The lowest BCUT2D eigenvalue weighted by Crippen LogP contribution is -2.28. The number of imidazole rings is 1. The highest BCUT2D eigenvalue weighted by Gasteiger charge is 2.17. The van der Waals surface area contributed by atoms with Crippen molar-refractivity contribution in [3.63, 3.8) is 0 Å². The summed E-state index contributed by atoms with van der Waals surface area (Å²) in [5.74, 6) is 0.609. The van der Waals surface area contributed by atoms with Gasteiger partial charge < -0.3 is 9.30 Å². The number of nitrogens with zero attached hydrogens (tertiary/aromatic N) is 5. The number of methoxy groups -OCH3 is 1. The molecular formula is C18H31N5O. The van der Waals surface area contributed by atoms with E-state index in [0.29, 0.717) is 12.5 Å². The lowest BCUT2D eigenvalue weighted by Gasteiger charge is -2.25. The van der Waals surface area contributed by atoms with Crippen LogP contribution in [0.1, 0.15) is 36.5 Å². The van der Waals surface area contributed by atoms with Gasteiger partial charge in [0, 0.05) is 57.8 Å². The van der Waals surface area contributed by atoms with E-state index >= 15 is 0 Å². The van der Waals surface area contributed by atoms with Crippen LogP contribution >= 0.6 is 0 Å². The van der Waals surface area contributed by atoms with E-state index in [0.717, 1.165) is 31.9 Å². The van der Waals surface area contributed by atoms with Gasteiger partial charge >= 0.3 is 0 Å². The lowest BCUT2D eigenvalue weighted by molar-refractivity contribution is 0.182. The van der Waals surface area contributed by atoms with Gasteiger partial charge in [-0.05, 0) is 19.8 Å². The molecule has 0 radical (unpaired) electrons. The van der Waals surface area contributed by atoms with Crippen LogP contribution in [0.25, 0.3) is 0 Å². The van der Waals surface area contributed by atoms with Crippen molar-refractivity contribution in [2.45, 2.75) is 47.3 Å². The van der Waals surface area contributed by atoms with Gasteiger partial charge in [0.25, 0.3) is 0 Å². The fraction of sp³-hybridized carbons (Fsp3) is 0.667. The van der Waals surface area contributed by atoms with Crippen LogP contribution < -0.4 is 0 Å². The summed E-state index contributed by atoms with van der Waals surface area (Å²) < 4.78 is 9.35. The van der Waals surface area contributed by atoms with Gasteiger partial charge in [-0.2, -0.15) is 5.10 Å². The van der Waals surface area contributed by atoms with Crippen molar-refractivity contribution in [2.75, 3.05) is 20.3 Å². The maximum absolute atomic E-state index is 5.20. The minimum Gasteiger partial charge on any atom is -0.383 e. The molecule has 0 amide bonds. The molecule has 0 saturated heterocycles. The highest BCUT2D eigenvalue weighted by atomic mass is 16.5. The van der Waals surface area contributed by atoms with E-state index in [2.05, 4.69) is 47.2 Å². The molecule has 0 N–H and O–H groups in total. The molecule has 0 spiro atoms. The Labute approximate surface area is 145 Å². The molecule has 0 bridgehead atoms. The predicted octanol–water partition coefficient (Wildman–Crippen LogP) is 2.54. The molecule has 6 nitrogen and oxygen atoms in total. The Morgan fingerprint density at radius 2 is 2.00 bits per heavy atom. The average Bonchev–Trinajstić information content (AvgIpc) is 3.04. The number of hydrogen-bond donors (Lipinski definition) is 0. The second-order valence-corrected chi connectivity index (χ2v) is 6.91. The summed E-state index contributed by atoms with van der Waals surface area (Å²) in [4.78, 5) is 6.81. The Balaban J connectivity index is 2.15. The summed E-state index contributed by atoms with van der Waals surface area (Å²) >= 11 is 0. The van der Waals surface area contributed by atoms with Gasteiger partial charge in [0.05, 0.1) is 24.3 Å². The van der Waals surface area contributed by atoms with Crippen molar-refractivity contribution in [2.24, 2.45) is 13.0 Å². The van der Waals surface area contributed by atoms with Crippen LogP contribution in [-0.4, -0.2) is 44.5 Å². The molecule has 2 heterocycles. The maximum Gasteiger partial charge on any atom is 0.0949 e. The van der Waals surface area contributed by atoms with Crippen LogP contribution in [-0.2, 0) is 31.4 Å². The first-order valence-corrected chi connectivity index (χ1v) is 8.61. The molecule has 0 unspecified atom stereocenters. The highest BCUT2D eigenvalue weighted by Crippen LogP contribution is 2.17. The van der Waals surface area contributed by atoms with Gasteiger partial charge in [0.2, 0.25) is 0 Å². The Kier molecular flexibility index (Phi) is 6.57. The smallest absolute Gasteiger partial charge is 0.0949 e. The number of aromatic nitrogens is 4. The summed E-state index contributed by atoms with van der Waals surface area (Å²) in [7, 11) is 3.74.